The summed E-state index contributed by atoms with van der Waals surface area (Å²) in [5, 5.41) is 6.16. The zero-order valence-corrected chi connectivity index (χ0v) is 27.1. The van der Waals surface area contributed by atoms with Crippen LogP contribution in [-0.4, -0.2) is 33.8 Å². The normalized spacial score (nSPS) is 15.7. The Morgan fingerprint density at radius 3 is 2.55 bits per heavy atom. The minimum absolute atomic E-state index is 0.0686. The van der Waals surface area contributed by atoms with E-state index in [-0.39, 0.29) is 34.9 Å². The molecule has 3 N–H and O–H groups in total. The van der Waals surface area contributed by atoms with E-state index in [9.17, 15) is 26.4 Å². The number of hydrogen-bond acceptors (Lipinski definition) is 7. The van der Waals surface area contributed by atoms with Crippen molar-refractivity contribution in [1.82, 2.24) is 15.4 Å². The van der Waals surface area contributed by atoms with Gasteiger partial charge >= 0.3 is 6.36 Å². The molecular weight excluding hydrogens is 635 g/mol. The van der Waals surface area contributed by atoms with E-state index >= 15 is 0 Å². The smallest absolute Gasteiger partial charge is 0.493 e. The highest BCUT2D eigenvalue weighted by atomic mass is 32.2. The van der Waals surface area contributed by atoms with Gasteiger partial charge < -0.3 is 24.5 Å². The maximum Gasteiger partial charge on any atom is 0.573 e. The molecule has 9 nitrogen and oxygen atoms in total. The molecule has 2 unspecified atom stereocenters. The van der Waals surface area contributed by atoms with Crippen LogP contribution in [0.3, 0.4) is 0 Å². The van der Waals surface area contributed by atoms with Crippen molar-refractivity contribution >= 4 is 26.9 Å². The number of sulfonamides is 1. The second-order valence-corrected chi connectivity index (χ2v) is 13.6. The van der Waals surface area contributed by atoms with Crippen LogP contribution in [0.25, 0.3) is 11.0 Å². The first-order valence-corrected chi connectivity index (χ1v) is 16.9. The monoisotopic (exact) mass is 673 g/mol. The van der Waals surface area contributed by atoms with Crippen molar-refractivity contribution in [2.45, 2.75) is 70.1 Å². The Morgan fingerprint density at radius 1 is 1.06 bits per heavy atom. The fraction of sp³-hybridized carbons (Fsp3) is 0.382. The highest BCUT2D eigenvalue weighted by molar-refractivity contribution is 7.89. The number of carbonyl (C=O) groups excluding carboxylic acids is 1. The summed E-state index contributed by atoms with van der Waals surface area (Å²) in [5.74, 6) is 0.431. The van der Waals surface area contributed by atoms with Crippen molar-refractivity contribution in [2.75, 3.05) is 13.2 Å². The molecule has 0 radical (unpaired) electrons. The van der Waals surface area contributed by atoms with Gasteiger partial charge in [0.2, 0.25) is 11.0 Å². The molecule has 13 heteroatoms. The third-order valence-electron chi connectivity index (χ3n) is 7.91. The Bertz CT molecular complexity index is 1810. The molecule has 4 aromatic rings. The number of amides is 1. The van der Waals surface area contributed by atoms with Crippen LogP contribution in [0.4, 0.5) is 13.2 Å². The molecule has 0 fully saturated rings. The molecule has 252 valence electrons. The Kier molecular flexibility index (Phi) is 10.5. The van der Waals surface area contributed by atoms with E-state index in [0.717, 1.165) is 36.2 Å². The van der Waals surface area contributed by atoms with E-state index in [0.29, 0.717) is 36.8 Å². The molecule has 47 heavy (non-hydrogen) atoms. The number of nitrogens with one attached hydrogen (secondary N) is 3. The highest BCUT2D eigenvalue weighted by Crippen LogP contribution is 2.35. The number of hydrogen-bond donors (Lipinski definition) is 3. The SMILES string of the molecule is Cc1c(S(=O)(=O)NC(CC(=O)NC2CCOc3cc(CNCCC(C)C)ccc32)c2ccccc2)oc2ccc(OC(F)(F)F)cc12. The summed E-state index contributed by atoms with van der Waals surface area (Å²) < 4.78 is 83.6. The van der Waals surface area contributed by atoms with Gasteiger partial charge in [-0.1, -0.05) is 56.3 Å². The minimum atomic E-state index is -4.91. The van der Waals surface area contributed by atoms with Crippen molar-refractivity contribution in [1.29, 1.82) is 0 Å². The van der Waals surface area contributed by atoms with E-state index in [1.54, 1.807) is 30.3 Å². The summed E-state index contributed by atoms with van der Waals surface area (Å²) in [7, 11) is -4.38. The maximum atomic E-state index is 13.6. The molecule has 2 atom stereocenters. The largest absolute Gasteiger partial charge is 0.573 e. The lowest BCUT2D eigenvalue weighted by molar-refractivity contribution is -0.274. The average molecular weight is 674 g/mol. The van der Waals surface area contributed by atoms with Gasteiger partial charge in [-0.05, 0) is 61.2 Å². The van der Waals surface area contributed by atoms with E-state index in [1.807, 2.05) is 18.2 Å². The first kappa shape index (κ1) is 34.3. The summed E-state index contributed by atoms with van der Waals surface area (Å²) >= 11 is 0. The van der Waals surface area contributed by atoms with Gasteiger partial charge in [0, 0.05) is 35.9 Å². The Hall–Kier alpha value is -4.07. The lowest BCUT2D eigenvalue weighted by Crippen LogP contribution is -2.36. The number of aryl methyl sites for hydroxylation is 1. The van der Waals surface area contributed by atoms with Crippen LogP contribution in [0.1, 0.15) is 67.4 Å². The molecule has 1 aromatic heterocycles. The highest BCUT2D eigenvalue weighted by Gasteiger charge is 2.33. The summed E-state index contributed by atoms with van der Waals surface area (Å²) in [6.07, 6.45) is -3.51. The quantitative estimate of drug-likeness (QED) is 0.133. The number of fused-ring (bicyclic) bond motifs is 2. The van der Waals surface area contributed by atoms with Crippen LogP contribution in [0.2, 0.25) is 0 Å². The first-order chi connectivity index (χ1) is 22.3. The molecule has 0 saturated heterocycles. The molecule has 0 spiro atoms. The average Bonchev–Trinajstić information content (AvgIpc) is 3.35. The molecular formula is C34H38F3N3O6S. The summed E-state index contributed by atoms with van der Waals surface area (Å²) in [4.78, 5) is 13.5. The molecule has 0 bridgehead atoms. The van der Waals surface area contributed by atoms with Gasteiger partial charge in [0.1, 0.15) is 17.1 Å². The molecule has 0 saturated carbocycles. The molecule has 1 aliphatic rings. The zero-order valence-electron chi connectivity index (χ0n) is 26.3. The van der Waals surface area contributed by atoms with Crippen LogP contribution in [0.5, 0.6) is 11.5 Å². The lowest BCUT2D eigenvalue weighted by Gasteiger charge is -2.28. The van der Waals surface area contributed by atoms with Gasteiger partial charge in [0.15, 0.2) is 0 Å². The van der Waals surface area contributed by atoms with Crippen molar-refractivity contribution in [3.05, 3.63) is 89.0 Å². The lowest BCUT2D eigenvalue weighted by atomic mass is 9.98. The number of ether oxygens (including phenoxy) is 2. The Morgan fingerprint density at radius 2 is 1.83 bits per heavy atom. The van der Waals surface area contributed by atoms with E-state index in [4.69, 9.17) is 9.15 Å². The summed E-state index contributed by atoms with van der Waals surface area (Å²) in [6.45, 7) is 7.82. The Balaban J connectivity index is 1.31. The number of benzene rings is 3. The fourth-order valence-electron chi connectivity index (χ4n) is 5.54. The Labute approximate surface area is 271 Å². The maximum absolute atomic E-state index is 13.6. The standard InChI is InChI=1S/C34H38F3N3O6S/c1-21(2)13-15-38-20-23-9-11-26-28(14-16-44-31(26)17-23)39-32(41)19-29(24-7-5-4-6-8-24)40-47(42,43)33-22(3)27-18-25(46-34(35,36)37)10-12-30(27)45-33/h4-12,17-18,21,28-29,38,40H,13-16,19-20H2,1-3H3,(H,39,41). The van der Waals surface area contributed by atoms with Gasteiger partial charge in [0.25, 0.3) is 10.0 Å². The summed E-state index contributed by atoms with van der Waals surface area (Å²) in [6, 6.07) is 16.6. The van der Waals surface area contributed by atoms with Crippen LogP contribution >= 0.6 is 0 Å². The molecule has 1 amide bonds. The van der Waals surface area contributed by atoms with E-state index in [1.165, 1.54) is 13.0 Å². The van der Waals surface area contributed by atoms with E-state index in [2.05, 4.69) is 33.9 Å². The summed E-state index contributed by atoms with van der Waals surface area (Å²) in [5.41, 5.74) is 2.63. The number of furan rings is 1. The second-order valence-electron chi connectivity index (χ2n) is 12.0. The van der Waals surface area contributed by atoms with Crippen molar-refractivity contribution in [2.24, 2.45) is 5.92 Å². The van der Waals surface area contributed by atoms with E-state index < -0.39 is 33.3 Å². The molecule has 1 aliphatic heterocycles. The zero-order chi connectivity index (χ0) is 33.8. The van der Waals surface area contributed by atoms with Crippen molar-refractivity contribution in [3.8, 4) is 11.5 Å². The van der Waals surface area contributed by atoms with Crippen LogP contribution in [-0.2, 0) is 21.4 Å². The second kappa shape index (κ2) is 14.4. The number of rotatable bonds is 13. The van der Waals surface area contributed by atoms with Gasteiger partial charge in [-0.2, -0.15) is 0 Å². The molecule has 5 rings (SSSR count). The van der Waals surface area contributed by atoms with Gasteiger partial charge in [0.05, 0.1) is 18.7 Å². The van der Waals surface area contributed by atoms with Crippen molar-refractivity contribution in [3.63, 3.8) is 0 Å². The van der Waals surface area contributed by atoms with Gasteiger partial charge in [-0.15, -0.1) is 13.2 Å². The molecule has 3 aromatic carbocycles. The number of alkyl halides is 3. The van der Waals surface area contributed by atoms with Crippen LogP contribution in [0, 0.1) is 12.8 Å². The molecule has 2 heterocycles. The van der Waals surface area contributed by atoms with Crippen LogP contribution < -0.4 is 24.8 Å². The topological polar surface area (TPSA) is 119 Å². The predicted octanol–water partition coefficient (Wildman–Crippen LogP) is 6.83. The number of halogens is 3. The predicted molar refractivity (Wildman–Crippen MR) is 170 cm³/mol. The fourth-order valence-corrected chi connectivity index (χ4v) is 6.95. The first-order valence-electron chi connectivity index (χ1n) is 15.4. The minimum Gasteiger partial charge on any atom is -0.493 e. The van der Waals surface area contributed by atoms with Crippen LogP contribution in [0.15, 0.2) is 76.2 Å². The third-order valence-corrected chi connectivity index (χ3v) is 9.38. The third kappa shape index (κ3) is 8.85. The number of carbonyl (C=O) groups is 1. The molecule has 0 aliphatic carbocycles. The van der Waals surface area contributed by atoms with Gasteiger partial charge in [-0.3, -0.25) is 4.79 Å². The van der Waals surface area contributed by atoms with Gasteiger partial charge in [-0.25, -0.2) is 13.1 Å². The van der Waals surface area contributed by atoms with Crippen molar-refractivity contribution < 1.29 is 40.3 Å².